The zero-order valence-electron chi connectivity index (χ0n) is 18.9. The van der Waals surface area contributed by atoms with E-state index in [4.69, 9.17) is 4.74 Å². The van der Waals surface area contributed by atoms with Gasteiger partial charge in [-0.05, 0) is 83.0 Å². The number of carbonyl (C=O) groups excluding carboxylic acids is 2. The highest BCUT2D eigenvalue weighted by Gasteiger charge is 2.45. The molecule has 6 heteroatoms. The number of nitrogens with zero attached hydrogens (tertiary/aromatic N) is 1. The normalized spacial score (nSPS) is 17.2. The van der Waals surface area contributed by atoms with Crippen LogP contribution in [0.15, 0.2) is 84.4 Å². The molecule has 3 aromatic carbocycles. The number of aliphatic hydroxyl groups is 1. The van der Waals surface area contributed by atoms with Crippen molar-refractivity contribution in [1.29, 1.82) is 0 Å². The van der Waals surface area contributed by atoms with Gasteiger partial charge in [-0.1, -0.05) is 49.4 Å². The van der Waals surface area contributed by atoms with E-state index >= 15 is 0 Å². The third-order valence-corrected chi connectivity index (χ3v) is 6.53. The minimum absolute atomic E-state index is 0.112. The SMILES string of the molecule is CCCOc1ccc(/C(O)=C2\C(=O)C(=O)N(CCc3ccccc3)C2c2ccc(I)cc2)cc1. The Kier molecular flexibility index (Phi) is 7.67. The molecule has 1 aliphatic heterocycles. The summed E-state index contributed by atoms with van der Waals surface area (Å²) in [6.07, 6.45) is 1.50. The van der Waals surface area contributed by atoms with Gasteiger partial charge in [0.05, 0.1) is 18.2 Å². The predicted octanol–water partition coefficient (Wildman–Crippen LogP) is 5.74. The minimum atomic E-state index is -0.666. The first kappa shape index (κ1) is 24.0. The Bertz CT molecular complexity index is 1190. The van der Waals surface area contributed by atoms with E-state index in [2.05, 4.69) is 22.6 Å². The van der Waals surface area contributed by atoms with Crippen LogP contribution in [0.4, 0.5) is 0 Å². The number of hydrogen-bond acceptors (Lipinski definition) is 4. The Balaban J connectivity index is 1.72. The van der Waals surface area contributed by atoms with E-state index in [-0.39, 0.29) is 11.3 Å². The molecule has 1 unspecified atom stereocenters. The quantitative estimate of drug-likeness (QED) is 0.163. The van der Waals surface area contributed by atoms with E-state index in [1.807, 2.05) is 61.5 Å². The van der Waals surface area contributed by atoms with Gasteiger partial charge < -0.3 is 14.7 Å². The van der Waals surface area contributed by atoms with E-state index in [0.29, 0.717) is 30.9 Å². The van der Waals surface area contributed by atoms with Gasteiger partial charge in [-0.2, -0.15) is 0 Å². The van der Waals surface area contributed by atoms with Crippen molar-refractivity contribution >= 4 is 40.0 Å². The fraction of sp³-hybridized carbons (Fsp3) is 0.214. The topological polar surface area (TPSA) is 66.8 Å². The van der Waals surface area contributed by atoms with Crippen LogP contribution in [0.3, 0.4) is 0 Å². The summed E-state index contributed by atoms with van der Waals surface area (Å²) in [6.45, 7) is 3.00. The molecule has 0 radical (unpaired) electrons. The van der Waals surface area contributed by atoms with Crippen molar-refractivity contribution in [3.8, 4) is 5.75 Å². The van der Waals surface area contributed by atoms with Gasteiger partial charge >= 0.3 is 0 Å². The number of likely N-dealkylation sites (tertiary alicyclic amines) is 1. The van der Waals surface area contributed by atoms with Gasteiger partial charge in [-0.25, -0.2) is 0 Å². The van der Waals surface area contributed by atoms with E-state index in [1.165, 1.54) is 0 Å². The van der Waals surface area contributed by atoms with Crippen molar-refractivity contribution in [2.45, 2.75) is 25.8 Å². The number of halogens is 1. The Morgan fingerprint density at radius 1 is 0.971 bits per heavy atom. The van der Waals surface area contributed by atoms with Crippen LogP contribution >= 0.6 is 22.6 Å². The summed E-state index contributed by atoms with van der Waals surface area (Å²) in [5, 5.41) is 11.2. The van der Waals surface area contributed by atoms with Crippen LogP contribution in [-0.2, 0) is 16.0 Å². The molecule has 1 N–H and O–H groups in total. The van der Waals surface area contributed by atoms with Crippen molar-refractivity contribution in [3.63, 3.8) is 0 Å². The van der Waals surface area contributed by atoms with Crippen LogP contribution in [0.2, 0.25) is 0 Å². The zero-order chi connectivity index (χ0) is 24.1. The summed E-state index contributed by atoms with van der Waals surface area (Å²) in [4.78, 5) is 27.8. The van der Waals surface area contributed by atoms with E-state index in [9.17, 15) is 14.7 Å². The molecule has 1 saturated heterocycles. The number of carbonyl (C=O) groups is 2. The molecule has 34 heavy (non-hydrogen) atoms. The molecule has 1 aliphatic rings. The highest BCUT2D eigenvalue weighted by molar-refractivity contribution is 14.1. The largest absolute Gasteiger partial charge is 0.507 e. The van der Waals surface area contributed by atoms with Gasteiger partial charge in [0.2, 0.25) is 0 Å². The lowest BCUT2D eigenvalue weighted by Crippen LogP contribution is -2.31. The molecule has 5 nitrogen and oxygen atoms in total. The number of benzene rings is 3. The molecule has 4 rings (SSSR count). The van der Waals surface area contributed by atoms with Gasteiger partial charge in [0.15, 0.2) is 0 Å². The van der Waals surface area contributed by atoms with Crippen LogP contribution < -0.4 is 4.74 Å². The van der Waals surface area contributed by atoms with Gasteiger partial charge in [-0.15, -0.1) is 0 Å². The first-order chi connectivity index (χ1) is 16.5. The number of rotatable bonds is 8. The lowest BCUT2D eigenvalue weighted by Gasteiger charge is -2.25. The van der Waals surface area contributed by atoms with Crippen LogP contribution in [0.25, 0.3) is 5.76 Å². The molecule has 0 bridgehead atoms. The Labute approximate surface area is 213 Å². The van der Waals surface area contributed by atoms with E-state index < -0.39 is 17.7 Å². The van der Waals surface area contributed by atoms with Crippen LogP contribution in [0.1, 0.15) is 36.1 Å². The number of ether oxygens (including phenoxy) is 1. The molecular weight excluding hydrogens is 541 g/mol. The van der Waals surface area contributed by atoms with E-state index in [1.54, 1.807) is 29.2 Å². The third-order valence-electron chi connectivity index (χ3n) is 5.81. The lowest BCUT2D eigenvalue weighted by molar-refractivity contribution is -0.139. The van der Waals surface area contributed by atoms with Crippen molar-refractivity contribution in [3.05, 3.63) is 105 Å². The molecule has 1 fully saturated rings. The fourth-order valence-electron chi connectivity index (χ4n) is 4.08. The number of hydrogen-bond donors (Lipinski definition) is 1. The fourth-order valence-corrected chi connectivity index (χ4v) is 4.44. The predicted molar refractivity (Wildman–Crippen MR) is 141 cm³/mol. The Morgan fingerprint density at radius 3 is 2.29 bits per heavy atom. The maximum absolute atomic E-state index is 13.2. The average Bonchev–Trinajstić information content (AvgIpc) is 3.12. The first-order valence-electron chi connectivity index (χ1n) is 11.3. The second-order valence-electron chi connectivity index (χ2n) is 8.15. The second-order valence-corrected chi connectivity index (χ2v) is 9.40. The molecule has 3 aromatic rings. The monoisotopic (exact) mass is 567 g/mol. The highest BCUT2D eigenvalue weighted by atomic mass is 127. The minimum Gasteiger partial charge on any atom is -0.507 e. The van der Waals surface area contributed by atoms with Crippen LogP contribution in [0, 0.1) is 3.57 Å². The van der Waals surface area contributed by atoms with Gasteiger partial charge in [0.25, 0.3) is 11.7 Å². The number of Topliss-reactive ketones (excluding diaryl/α,β-unsaturated/α-hetero) is 1. The van der Waals surface area contributed by atoms with Crippen molar-refractivity contribution in [2.24, 2.45) is 0 Å². The summed E-state index contributed by atoms with van der Waals surface area (Å²) in [5.41, 5.74) is 2.45. The molecule has 0 saturated carbocycles. The molecule has 1 amide bonds. The molecule has 1 heterocycles. The standard InChI is InChI=1S/C28H26INO4/c1-2-18-34-23-14-10-21(11-15-23)26(31)24-25(20-8-12-22(29)13-9-20)30(28(33)27(24)32)17-16-19-6-4-3-5-7-19/h3-15,25,31H,2,16-18H2,1H3/b26-24+. The molecule has 1 atom stereocenters. The highest BCUT2D eigenvalue weighted by Crippen LogP contribution is 2.39. The van der Waals surface area contributed by atoms with Gasteiger partial charge in [0, 0.05) is 15.7 Å². The van der Waals surface area contributed by atoms with Crippen molar-refractivity contribution in [1.82, 2.24) is 4.90 Å². The average molecular weight is 567 g/mol. The summed E-state index contributed by atoms with van der Waals surface area (Å²) in [5.74, 6) is -0.744. The Hall–Kier alpha value is -3.13. The summed E-state index contributed by atoms with van der Waals surface area (Å²) < 4.78 is 6.67. The Morgan fingerprint density at radius 2 is 1.65 bits per heavy atom. The van der Waals surface area contributed by atoms with Crippen LogP contribution in [0.5, 0.6) is 5.75 Å². The van der Waals surface area contributed by atoms with Crippen LogP contribution in [-0.4, -0.2) is 34.8 Å². The van der Waals surface area contributed by atoms with Crippen molar-refractivity contribution < 1.29 is 19.4 Å². The summed E-state index contributed by atoms with van der Waals surface area (Å²) in [7, 11) is 0. The zero-order valence-corrected chi connectivity index (χ0v) is 21.1. The molecule has 0 aromatic heterocycles. The molecule has 174 valence electrons. The number of ketones is 1. The number of amides is 1. The summed E-state index contributed by atoms with van der Waals surface area (Å²) in [6, 6.07) is 23.8. The lowest BCUT2D eigenvalue weighted by atomic mass is 9.95. The van der Waals surface area contributed by atoms with Gasteiger partial charge in [0.1, 0.15) is 11.5 Å². The maximum Gasteiger partial charge on any atom is 0.295 e. The molecule has 0 spiro atoms. The van der Waals surface area contributed by atoms with Gasteiger partial charge in [-0.3, -0.25) is 9.59 Å². The maximum atomic E-state index is 13.2. The molecule has 0 aliphatic carbocycles. The number of aliphatic hydroxyl groups excluding tert-OH is 1. The smallest absolute Gasteiger partial charge is 0.295 e. The summed E-state index contributed by atoms with van der Waals surface area (Å²) >= 11 is 2.22. The van der Waals surface area contributed by atoms with E-state index in [0.717, 1.165) is 21.1 Å². The molecular formula is C28H26INO4. The first-order valence-corrected chi connectivity index (χ1v) is 12.4. The van der Waals surface area contributed by atoms with Crippen molar-refractivity contribution in [2.75, 3.05) is 13.2 Å². The third kappa shape index (κ3) is 5.17. The second kappa shape index (κ2) is 10.9.